The molecule has 0 aromatic carbocycles. The number of carbonyl (C=O) groups excluding carboxylic acids is 2. The first kappa shape index (κ1) is 37.9. The van der Waals surface area contributed by atoms with Crippen LogP contribution in [0.2, 0.25) is 0 Å². The smallest absolute Gasteiger partial charge is 0.351 e. The maximum absolute atomic E-state index is 16.0. The maximum Gasteiger partial charge on any atom is 0.351 e. The van der Waals surface area contributed by atoms with Gasteiger partial charge in [0.15, 0.2) is 5.78 Å². The first-order chi connectivity index (χ1) is 18.7. The van der Waals surface area contributed by atoms with Crippen molar-refractivity contribution >= 4 is 11.8 Å². The minimum Gasteiger partial charge on any atom is -0.457 e. The highest BCUT2D eigenvalue weighted by molar-refractivity contribution is 6.07. The Balaban J connectivity index is 3.40. The third-order valence-electron chi connectivity index (χ3n) is 9.74. The van der Waals surface area contributed by atoms with E-state index in [2.05, 4.69) is 17.1 Å². The van der Waals surface area contributed by atoms with Gasteiger partial charge in [0.1, 0.15) is 17.3 Å². The van der Waals surface area contributed by atoms with E-state index < -0.39 is 58.2 Å². The lowest BCUT2D eigenvalue weighted by molar-refractivity contribution is -0.224. The molecule has 1 fully saturated rings. The highest BCUT2D eigenvalue weighted by atomic mass is 19.1. The Morgan fingerprint density at radius 2 is 1.66 bits per heavy atom. The van der Waals surface area contributed by atoms with Crippen LogP contribution in [-0.4, -0.2) is 120 Å². The third kappa shape index (κ3) is 9.16. The van der Waals surface area contributed by atoms with Crippen LogP contribution < -0.4 is 5.32 Å². The van der Waals surface area contributed by atoms with Gasteiger partial charge in [-0.25, -0.2) is 9.18 Å². The number of nitrogens with zero attached hydrogens (tertiary/aromatic N) is 2. The lowest BCUT2D eigenvalue weighted by Crippen LogP contribution is -2.67. The molecule has 0 amide bonds. The zero-order valence-corrected chi connectivity index (χ0v) is 27.8. The van der Waals surface area contributed by atoms with Gasteiger partial charge in [-0.1, -0.05) is 27.7 Å². The predicted molar refractivity (Wildman–Crippen MR) is 161 cm³/mol. The Bertz CT molecular complexity index is 852. The highest BCUT2D eigenvalue weighted by Gasteiger charge is 2.56. The summed E-state index contributed by atoms with van der Waals surface area (Å²) in [7, 11) is 5.95. The quantitative estimate of drug-likeness (QED) is 0.212. The molecular formula is C31H60FN3O6. The Hall–Kier alpha value is -1.17. The van der Waals surface area contributed by atoms with Gasteiger partial charge in [-0.2, -0.15) is 0 Å². The molecule has 9 nitrogen and oxygen atoms in total. The van der Waals surface area contributed by atoms with Gasteiger partial charge in [0, 0.05) is 25.0 Å². The van der Waals surface area contributed by atoms with Crippen molar-refractivity contribution in [3.63, 3.8) is 0 Å². The summed E-state index contributed by atoms with van der Waals surface area (Å²) in [6, 6.07) is -0.550. The molecule has 41 heavy (non-hydrogen) atoms. The molecule has 1 saturated heterocycles. The molecule has 1 rings (SSSR count). The molecule has 0 unspecified atom stereocenters. The van der Waals surface area contributed by atoms with Crippen molar-refractivity contribution in [1.82, 2.24) is 15.1 Å². The van der Waals surface area contributed by atoms with Crippen molar-refractivity contribution in [2.75, 3.05) is 53.9 Å². The van der Waals surface area contributed by atoms with Gasteiger partial charge < -0.3 is 34.8 Å². The fraction of sp³-hybridized carbons (Fsp3) is 0.935. The number of halogens is 1. The summed E-state index contributed by atoms with van der Waals surface area (Å²) < 4.78 is 28.0. The summed E-state index contributed by atoms with van der Waals surface area (Å²) in [5.41, 5.74) is -7.40. The minimum absolute atomic E-state index is 0.0627. The fourth-order valence-electron chi connectivity index (χ4n) is 6.08. The van der Waals surface area contributed by atoms with E-state index in [4.69, 9.17) is 9.47 Å². The molecule has 0 radical (unpaired) electrons. The largest absolute Gasteiger partial charge is 0.457 e. The molecular weight excluding hydrogens is 529 g/mol. The van der Waals surface area contributed by atoms with E-state index in [9.17, 15) is 19.8 Å². The number of cyclic esters (lactones) is 1. The average molecular weight is 590 g/mol. The summed E-state index contributed by atoms with van der Waals surface area (Å²) in [6.07, 6.45) is 0.451. The van der Waals surface area contributed by atoms with Crippen LogP contribution in [0.4, 0.5) is 4.39 Å². The van der Waals surface area contributed by atoms with E-state index in [1.54, 1.807) is 20.8 Å². The molecule has 3 N–H and O–H groups in total. The number of aliphatic hydroxyl groups is 2. The number of Topliss-reactive ketones (excluding diaryl/α,β-unsaturated/α-hetero) is 1. The lowest BCUT2D eigenvalue weighted by atomic mass is 9.72. The van der Waals surface area contributed by atoms with E-state index in [-0.39, 0.29) is 12.3 Å². The van der Waals surface area contributed by atoms with Gasteiger partial charge in [0.2, 0.25) is 0 Å². The second kappa shape index (κ2) is 15.0. The molecule has 10 heteroatoms. The summed E-state index contributed by atoms with van der Waals surface area (Å²) in [5, 5.41) is 26.5. The number of ether oxygens (including phenoxy) is 2. The van der Waals surface area contributed by atoms with E-state index in [0.29, 0.717) is 26.1 Å². The second-order valence-electron chi connectivity index (χ2n) is 13.5. The zero-order valence-electron chi connectivity index (χ0n) is 27.8. The monoisotopic (exact) mass is 589 g/mol. The van der Waals surface area contributed by atoms with Gasteiger partial charge in [-0.15, -0.1) is 0 Å². The number of likely N-dealkylation sites (N-methyl/N-ethyl adjacent to an activating group) is 1. The zero-order chi connectivity index (χ0) is 32.0. The number of ketones is 1. The van der Waals surface area contributed by atoms with Crippen molar-refractivity contribution in [2.24, 2.45) is 17.8 Å². The number of carbonyl (C=O) groups is 2. The molecule has 0 bridgehead atoms. The van der Waals surface area contributed by atoms with E-state index in [0.717, 1.165) is 26.4 Å². The summed E-state index contributed by atoms with van der Waals surface area (Å²) in [6.45, 7) is 18.3. The Labute approximate surface area is 248 Å². The normalized spacial score (nSPS) is 40.7. The molecule has 1 aliphatic rings. The lowest BCUT2D eigenvalue weighted by Gasteiger charge is -2.49. The Morgan fingerprint density at radius 3 is 2.20 bits per heavy atom. The second-order valence-corrected chi connectivity index (χ2v) is 13.5. The van der Waals surface area contributed by atoms with Gasteiger partial charge in [0.25, 0.3) is 5.67 Å². The molecule has 1 aliphatic heterocycles. The number of hydrogen-bond donors (Lipinski definition) is 3. The van der Waals surface area contributed by atoms with Crippen LogP contribution in [0, 0.1) is 17.8 Å². The predicted octanol–water partition coefficient (Wildman–Crippen LogP) is 3.06. The van der Waals surface area contributed by atoms with Crippen molar-refractivity contribution < 1.29 is 33.7 Å². The van der Waals surface area contributed by atoms with Crippen LogP contribution in [0.5, 0.6) is 0 Å². The van der Waals surface area contributed by atoms with E-state index in [1.807, 2.05) is 39.9 Å². The van der Waals surface area contributed by atoms with Crippen LogP contribution in [0.1, 0.15) is 81.6 Å². The SMILES string of the molecule is CC[C@H]1OC(=O)[C@@](C)(F)C(=O)[C@H](C)[C@@H](C)[C@](C)(OCCNCCCN(C)C)C[C@@H](C)CN(C)[C@H](C)[C@](C)(O)[C@]1(C)O. The van der Waals surface area contributed by atoms with E-state index in [1.165, 1.54) is 13.8 Å². The maximum atomic E-state index is 16.0. The van der Waals surface area contributed by atoms with Crippen molar-refractivity contribution in [2.45, 2.75) is 116 Å². The molecule has 9 atom stereocenters. The van der Waals surface area contributed by atoms with Crippen molar-refractivity contribution in [3.8, 4) is 0 Å². The van der Waals surface area contributed by atoms with Crippen LogP contribution in [0.15, 0.2) is 0 Å². The highest BCUT2D eigenvalue weighted by Crippen LogP contribution is 2.39. The molecule has 0 aliphatic carbocycles. The van der Waals surface area contributed by atoms with Crippen LogP contribution >= 0.6 is 0 Å². The first-order valence-corrected chi connectivity index (χ1v) is 15.2. The molecule has 242 valence electrons. The Morgan fingerprint density at radius 1 is 1.07 bits per heavy atom. The topological polar surface area (TPSA) is 112 Å². The summed E-state index contributed by atoms with van der Waals surface area (Å²) in [5.74, 6) is -3.46. The average Bonchev–Trinajstić information content (AvgIpc) is 2.87. The summed E-state index contributed by atoms with van der Waals surface area (Å²) >= 11 is 0. The first-order valence-electron chi connectivity index (χ1n) is 15.2. The molecule has 0 saturated carbocycles. The minimum atomic E-state index is -2.94. The number of hydrogen-bond acceptors (Lipinski definition) is 9. The number of alkyl halides is 1. The van der Waals surface area contributed by atoms with Gasteiger partial charge >= 0.3 is 5.97 Å². The third-order valence-corrected chi connectivity index (χ3v) is 9.74. The van der Waals surface area contributed by atoms with Crippen molar-refractivity contribution in [3.05, 3.63) is 0 Å². The van der Waals surface area contributed by atoms with E-state index >= 15 is 4.39 Å². The number of nitrogens with one attached hydrogen (secondary N) is 1. The van der Waals surface area contributed by atoms with Crippen LogP contribution in [-0.2, 0) is 19.1 Å². The van der Waals surface area contributed by atoms with Crippen LogP contribution in [0.25, 0.3) is 0 Å². The molecule has 0 aromatic heterocycles. The standard InChI is InChI=1S/C31H60FN3O6/c1-13-25-31(9,39)30(8,38)24(5)35(12)20-21(2)19-28(6,40-18-16-33-15-14-17-34(10)11)23(4)22(3)26(36)29(7,32)27(37)41-25/h21-25,33,38-39H,13-20H2,1-12H3/t21-,22-,23-,24-,25-,28-,29+,30+,31-/m1/s1. The fourth-order valence-corrected chi connectivity index (χ4v) is 6.08. The Kier molecular flexibility index (Phi) is 13.9. The number of rotatable bonds is 9. The van der Waals surface area contributed by atoms with Gasteiger partial charge in [-0.05, 0) is 99.9 Å². The van der Waals surface area contributed by atoms with Gasteiger partial charge in [0.05, 0.1) is 12.2 Å². The molecule has 0 aromatic rings. The van der Waals surface area contributed by atoms with Crippen LogP contribution in [0.3, 0.4) is 0 Å². The van der Waals surface area contributed by atoms with Crippen molar-refractivity contribution in [1.29, 1.82) is 0 Å². The summed E-state index contributed by atoms with van der Waals surface area (Å²) in [4.78, 5) is 30.8. The number of esters is 1. The van der Waals surface area contributed by atoms with Gasteiger partial charge in [-0.3, -0.25) is 4.79 Å². The molecule has 1 heterocycles. The molecule has 0 spiro atoms.